The first-order valence-corrected chi connectivity index (χ1v) is 5.80. The minimum atomic E-state index is -0.783. The van der Waals surface area contributed by atoms with Gasteiger partial charge in [-0.2, -0.15) is 0 Å². The van der Waals surface area contributed by atoms with Gasteiger partial charge in [-0.3, -0.25) is 9.69 Å². The van der Waals surface area contributed by atoms with Crippen molar-refractivity contribution >= 4 is 18.4 Å². The number of carbonyl (C=O) groups is 1. The molecule has 0 radical (unpaired) electrons. The molecule has 2 rings (SSSR count). The topological polar surface area (TPSA) is 49.8 Å². The lowest BCUT2D eigenvalue weighted by Crippen LogP contribution is -2.27. The Morgan fingerprint density at radius 3 is 3.00 bits per heavy atom. The molecule has 1 aromatic rings. The summed E-state index contributed by atoms with van der Waals surface area (Å²) in [4.78, 5) is 12.3. The SMILES string of the molecule is CN(CCc1ccc2c(c1)CCO2)CC(=O)O.Cl. The first-order chi connectivity index (χ1) is 8.15. The van der Waals surface area contributed by atoms with E-state index in [9.17, 15) is 4.79 Å². The van der Waals surface area contributed by atoms with Crippen molar-refractivity contribution in [3.63, 3.8) is 0 Å². The minimum Gasteiger partial charge on any atom is -0.493 e. The molecule has 4 nitrogen and oxygen atoms in total. The molecule has 1 aliphatic heterocycles. The highest BCUT2D eigenvalue weighted by atomic mass is 35.5. The van der Waals surface area contributed by atoms with Crippen molar-refractivity contribution < 1.29 is 14.6 Å². The van der Waals surface area contributed by atoms with Crippen molar-refractivity contribution in [3.8, 4) is 5.75 Å². The van der Waals surface area contributed by atoms with Crippen molar-refractivity contribution in [2.24, 2.45) is 0 Å². The molecule has 0 unspecified atom stereocenters. The number of hydrogen-bond acceptors (Lipinski definition) is 3. The van der Waals surface area contributed by atoms with Crippen LogP contribution in [0.2, 0.25) is 0 Å². The van der Waals surface area contributed by atoms with Crippen molar-refractivity contribution in [2.45, 2.75) is 12.8 Å². The summed E-state index contributed by atoms with van der Waals surface area (Å²) in [5, 5.41) is 8.65. The first-order valence-electron chi connectivity index (χ1n) is 5.80. The summed E-state index contributed by atoms with van der Waals surface area (Å²) >= 11 is 0. The average molecular weight is 272 g/mol. The lowest BCUT2D eigenvalue weighted by Gasteiger charge is -2.13. The Morgan fingerprint density at radius 1 is 1.50 bits per heavy atom. The maximum absolute atomic E-state index is 10.5. The Balaban J connectivity index is 0.00000162. The van der Waals surface area contributed by atoms with Crippen LogP contribution >= 0.6 is 12.4 Å². The average Bonchev–Trinajstić information content (AvgIpc) is 2.72. The molecule has 1 aliphatic rings. The number of hydrogen-bond donors (Lipinski definition) is 1. The number of carboxylic acid groups (broad SMARTS) is 1. The van der Waals surface area contributed by atoms with Crippen LogP contribution in [0.25, 0.3) is 0 Å². The fourth-order valence-electron chi connectivity index (χ4n) is 2.03. The maximum atomic E-state index is 10.5. The number of aliphatic carboxylic acids is 1. The molecular formula is C13H18ClNO3. The standard InChI is InChI=1S/C13H17NO3.ClH/c1-14(9-13(15)16)6-4-10-2-3-12-11(8-10)5-7-17-12;/h2-3,8H,4-7,9H2,1H3,(H,15,16);1H. The third-order valence-corrected chi connectivity index (χ3v) is 2.94. The second-order valence-electron chi connectivity index (χ2n) is 4.42. The molecule has 0 fully saturated rings. The summed E-state index contributed by atoms with van der Waals surface area (Å²) in [6, 6.07) is 6.23. The van der Waals surface area contributed by atoms with Crippen LogP contribution in [0.4, 0.5) is 0 Å². The van der Waals surface area contributed by atoms with Crippen molar-refractivity contribution in [2.75, 3.05) is 26.7 Å². The highest BCUT2D eigenvalue weighted by Crippen LogP contribution is 2.25. The molecule has 0 aromatic heterocycles. The summed E-state index contributed by atoms with van der Waals surface area (Å²) in [5.74, 6) is 0.211. The molecule has 0 saturated carbocycles. The van der Waals surface area contributed by atoms with E-state index in [-0.39, 0.29) is 19.0 Å². The number of fused-ring (bicyclic) bond motifs is 1. The van der Waals surface area contributed by atoms with Crippen LogP contribution in [0.1, 0.15) is 11.1 Å². The van der Waals surface area contributed by atoms with Gasteiger partial charge in [-0.1, -0.05) is 12.1 Å². The van der Waals surface area contributed by atoms with E-state index >= 15 is 0 Å². The minimum absolute atomic E-state index is 0. The number of halogens is 1. The summed E-state index contributed by atoms with van der Waals surface area (Å²) in [6.45, 7) is 1.62. The molecule has 0 atom stereocenters. The largest absolute Gasteiger partial charge is 0.493 e. The molecule has 0 saturated heterocycles. The normalized spacial score (nSPS) is 12.8. The highest BCUT2D eigenvalue weighted by molar-refractivity contribution is 5.85. The second-order valence-corrected chi connectivity index (χ2v) is 4.42. The molecule has 1 N–H and O–H groups in total. The van der Waals surface area contributed by atoms with Gasteiger partial charge in [-0.25, -0.2) is 0 Å². The smallest absolute Gasteiger partial charge is 0.317 e. The number of ether oxygens (including phenoxy) is 1. The zero-order chi connectivity index (χ0) is 12.3. The third kappa shape index (κ3) is 3.89. The van der Waals surface area contributed by atoms with E-state index in [0.29, 0.717) is 0 Å². The van der Waals surface area contributed by atoms with E-state index in [1.165, 1.54) is 11.1 Å². The molecule has 0 bridgehead atoms. The predicted molar refractivity (Wildman–Crippen MR) is 71.7 cm³/mol. The molecule has 0 amide bonds. The van der Waals surface area contributed by atoms with Crippen LogP contribution in [0, 0.1) is 0 Å². The molecule has 18 heavy (non-hydrogen) atoms. The lowest BCUT2D eigenvalue weighted by molar-refractivity contribution is -0.137. The van der Waals surface area contributed by atoms with E-state index in [4.69, 9.17) is 9.84 Å². The van der Waals surface area contributed by atoms with Gasteiger partial charge in [0.2, 0.25) is 0 Å². The lowest BCUT2D eigenvalue weighted by atomic mass is 10.1. The molecule has 0 aliphatic carbocycles. The van der Waals surface area contributed by atoms with Gasteiger partial charge in [0.05, 0.1) is 13.2 Å². The van der Waals surface area contributed by atoms with Gasteiger partial charge in [0.15, 0.2) is 0 Å². The summed E-state index contributed by atoms with van der Waals surface area (Å²) in [6.07, 6.45) is 1.85. The van der Waals surface area contributed by atoms with E-state index in [1.807, 2.05) is 18.0 Å². The van der Waals surface area contributed by atoms with E-state index in [0.717, 1.165) is 31.7 Å². The van der Waals surface area contributed by atoms with Gasteiger partial charge in [0.1, 0.15) is 5.75 Å². The summed E-state index contributed by atoms with van der Waals surface area (Å²) < 4.78 is 5.44. The van der Waals surface area contributed by atoms with Crippen LogP contribution < -0.4 is 4.74 Å². The Morgan fingerprint density at radius 2 is 2.28 bits per heavy atom. The van der Waals surface area contributed by atoms with Crippen LogP contribution in [0.3, 0.4) is 0 Å². The van der Waals surface area contributed by atoms with Gasteiger partial charge in [0, 0.05) is 13.0 Å². The fraction of sp³-hybridized carbons (Fsp3) is 0.462. The Bertz CT molecular complexity index is 423. The highest BCUT2D eigenvalue weighted by Gasteiger charge is 2.12. The second kappa shape index (κ2) is 6.61. The Hall–Kier alpha value is -1.26. The Kier molecular flexibility index (Phi) is 5.44. The molecule has 5 heteroatoms. The third-order valence-electron chi connectivity index (χ3n) is 2.94. The van der Waals surface area contributed by atoms with Crippen LogP contribution in [-0.2, 0) is 17.6 Å². The number of benzene rings is 1. The number of rotatable bonds is 5. The van der Waals surface area contributed by atoms with Crippen molar-refractivity contribution in [3.05, 3.63) is 29.3 Å². The van der Waals surface area contributed by atoms with Crippen LogP contribution in [0.5, 0.6) is 5.75 Å². The van der Waals surface area contributed by atoms with Gasteiger partial charge >= 0.3 is 5.97 Å². The number of carboxylic acids is 1. The molecule has 0 spiro atoms. The maximum Gasteiger partial charge on any atom is 0.317 e. The van der Waals surface area contributed by atoms with E-state index in [2.05, 4.69) is 12.1 Å². The van der Waals surface area contributed by atoms with Gasteiger partial charge in [0.25, 0.3) is 0 Å². The van der Waals surface area contributed by atoms with E-state index in [1.54, 1.807) is 0 Å². The summed E-state index contributed by atoms with van der Waals surface area (Å²) in [7, 11) is 1.82. The van der Waals surface area contributed by atoms with Gasteiger partial charge in [-0.15, -0.1) is 12.4 Å². The molecule has 1 heterocycles. The number of likely N-dealkylation sites (N-methyl/N-ethyl adjacent to an activating group) is 1. The fourth-order valence-corrected chi connectivity index (χ4v) is 2.03. The van der Waals surface area contributed by atoms with Gasteiger partial charge in [-0.05, 0) is 30.7 Å². The van der Waals surface area contributed by atoms with Gasteiger partial charge < -0.3 is 9.84 Å². The predicted octanol–water partition coefficient (Wildman–Crippen LogP) is 1.60. The molecule has 100 valence electrons. The van der Waals surface area contributed by atoms with Crippen molar-refractivity contribution in [1.29, 1.82) is 0 Å². The monoisotopic (exact) mass is 271 g/mol. The zero-order valence-electron chi connectivity index (χ0n) is 10.4. The van der Waals surface area contributed by atoms with Crippen molar-refractivity contribution in [1.82, 2.24) is 4.90 Å². The first kappa shape index (κ1) is 14.8. The quantitative estimate of drug-likeness (QED) is 0.884. The summed E-state index contributed by atoms with van der Waals surface area (Å²) in [5.41, 5.74) is 2.51. The zero-order valence-corrected chi connectivity index (χ0v) is 11.2. The van der Waals surface area contributed by atoms with Crippen LogP contribution in [0.15, 0.2) is 18.2 Å². The molecular weight excluding hydrogens is 254 g/mol. The van der Waals surface area contributed by atoms with Crippen LogP contribution in [-0.4, -0.2) is 42.7 Å². The number of nitrogens with zero attached hydrogens (tertiary/aromatic N) is 1. The Labute approximate surface area is 113 Å². The van der Waals surface area contributed by atoms with E-state index < -0.39 is 5.97 Å². The molecule has 1 aromatic carbocycles.